The highest BCUT2D eigenvalue weighted by Crippen LogP contribution is 2.17. The minimum absolute atomic E-state index is 0. The fraction of sp³-hybridized carbons (Fsp3) is 0.240. The molecule has 1 amide bonds. The maximum atomic E-state index is 12.2. The first-order valence-electron chi connectivity index (χ1n) is 10.4. The summed E-state index contributed by atoms with van der Waals surface area (Å²) in [5.41, 5.74) is 2.24. The summed E-state index contributed by atoms with van der Waals surface area (Å²) in [6, 6.07) is 22.6. The van der Waals surface area contributed by atoms with E-state index in [0.29, 0.717) is 30.1 Å². The number of rotatable bonds is 11. The number of aliphatic hydroxyl groups excluding tert-OH is 2. The predicted octanol–water partition coefficient (Wildman–Crippen LogP) is 3.06. The lowest BCUT2D eigenvalue weighted by Gasteiger charge is -2.14. The van der Waals surface area contributed by atoms with Gasteiger partial charge in [0, 0.05) is 12.2 Å². The highest BCUT2D eigenvalue weighted by atomic mass is 35.5. The van der Waals surface area contributed by atoms with Gasteiger partial charge in [0.15, 0.2) is 6.10 Å². The Balaban J connectivity index is 0.00000385. The molecule has 0 radical (unpaired) electrons. The number of phenolic OH excluding ortho intramolecular Hbond substituents is 1. The van der Waals surface area contributed by atoms with Crippen LogP contribution >= 0.6 is 12.4 Å². The maximum absolute atomic E-state index is 12.2. The van der Waals surface area contributed by atoms with Gasteiger partial charge in [0.25, 0.3) is 5.91 Å². The second-order valence-electron chi connectivity index (χ2n) is 7.41. The molecule has 176 valence electrons. The second kappa shape index (κ2) is 13.4. The van der Waals surface area contributed by atoms with E-state index in [9.17, 15) is 20.1 Å². The van der Waals surface area contributed by atoms with E-state index < -0.39 is 18.1 Å². The lowest BCUT2D eigenvalue weighted by Crippen LogP contribution is -2.32. The van der Waals surface area contributed by atoms with Crippen LogP contribution in [0.5, 0.6) is 11.5 Å². The van der Waals surface area contributed by atoms with Gasteiger partial charge >= 0.3 is 0 Å². The summed E-state index contributed by atoms with van der Waals surface area (Å²) >= 11 is 0. The van der Waals surface area contributed by atoms with Crippen molar-refractivity contribution >= 4 is 24.0 Å². The molecule has 8 heteroatoms. The van der Waals surface area contributed by atoms with Gasteiger partial charge in [0.2, 0.25) is 0 Å². The van der Waals surface area contributed by atoms with Gasteiger partial charge in [0.05, 0.1) is 0 Å². The molecule has 0 aliphatic heterocycles. The summed E-state index contributed by atoms with van der Waals surface area (Å²) in [6.45, 7) is 1.22. The Morgan fingerprint density at radius 3 is 2.24 bits per heavy atom. The number of hydrogen-bond acceptors (Lipinski definition) is 6. The van der Waals surface area contributed by atoms with E-state index in [0.717, 1.165) is 12.0 Å². The largest absolute Gasteiger partial charge is 0.508 e. The lowest BCUT2D eigenvalue weighted by atomic mass is 10.1. The summed E-state index contributed by atoms with van der Waals surface area (Å²) in [5.74, 6) is 0.277. The van der Waals surface area contributed by atoms with E-state index in [1.54, 1.807) is 48.5 Å². The number of amides is 1. The Bertz CT molecular complexity index is 968. The van der Waals surface area contributed by atoms with Crippen LogP contribution in [0.15, 0.2) is 78.9 Å². The minimum atomic E-state index is -1.22. The van der Waals surface area contributed by atoms with Crippen LogP contribution in [-0.4, -0.2) is 47.0 Å². The lowest BCUT2D eigenvalue weighted by molar-refractivity contribution is -0.124. The van der Waals surface area contributed by atoms with Crippen molar-refractivity contribution in [1.29, 1.82) is 0 Å². The molecule has 1 unspecified atom stereocenters. The highest BCUT2D eigenvalue weighted by Gasteiger charge is 2.16. The van der Waals surface area contributed by atoms with Crippen LogP contribution in [-0.2, 0) is 11.2 Å². The zero-order valence-corrected chi connectivity index (χ0v) is 18.9. The first-order chi connectivity index (χ1) is 15.5. The number of phenols is 1. The van der Waals surface area contributed by atoms with Crippen molar-refractivity contribution in [3.05, 3.63) is 90.0 Å². The van der Waals surface area contributed by atoms with Gasteiger partial charge in [-0.1, -0.05) is 42.5 Å². The molecule has 0 heterocycles. The third-order valence-corrected chi connectivity index (χ3v) is 4.83. The number of anilines is 1. The van der Waals surface area contributed by atoms with E-state index in [1.165, 1.54) is 12.1 Å². The number of halogens is 1. The summed E-state index contributed by atoms with van der Waals surface area (Å²) in [7, 11) is 0. The molecule has 0 fully saturated rings. The molecule has 33 heavy (non-hydrogen) atoms. The summed E-state index contributed by atoms with van der Waals surface area (Å²) < 4.78 is 5.47. The Kier molecular flexibility index (Phi) is 10.7. The molecule has 0 saturated carbocycles. The fourth-order valence-electron chi connectivity index (χ4n) is 3.05. The average molecular weight is 473 g/mol. The molecular formula is C25H29ClN2O5. The monoisotopic (exact) mass is 472 g/mol. The Morgan fingerprint density at radius 2 is 1.58 bits per heavy atom. The molecule has 0 spiro atoms. The Hall–Kier alpha value is -3.10. The van der Waals surface area contributed by atoms with Crippen LogP contribution < -0.4 is 15.4 Å². The van der Waals surface area contributed by atoms with Crippen molar-refractivity contribution < 1.29 is 24.9 Å². The molecule has 5 N–H and O–H groups in total. The standard InChI is InChI=1S/C25H28N2O5.ClH/c28-21-10-12-23(13-11-21)32-17-22(29)16-26-15-14-18-6-8-20(9-7-18)27-25(31)24(30)19-4-2-1-3-5-19;/h1-13,22,24,26,28-30H,14-17H2,(H,27,31);1H/t22-,24?;/m0./s1. The van der Waals surface area contributed by atoms with Crippen molar-refractivity contribution in [2.24, 2.45) is 0 Å². The smallest absolute Gasteiger partial charge is 0.257 e. The SMILES string of the molecule is Cl.O=C(Nc1ccc(CCNC[C@H](O)COc2ccc(O)cc2)cc1)C(O)c1ccccc1. The molecule has 0 bridgehead atoms. The van der Waals surface area contributed by atoms with Crippen LogP contribution in [0.3, 0.4) is 0 Å². The molecule has 3 rings (SSSR count). The van der Waals surface area contributed by atoms with Gasteiger partial charge in [-0.05, 0) is 60.5 Å². The van der Waals surface area contributed by atoms with E-state index in [4.69, 9.17) is 4.74 Å². The molecule has 3 aromatic rings. The molecule has 2 atom stereocenters. The van der Waals surface area contributed by atoms with Crippen LogP contribution in [0.1, 0.15) is 17.2 Å². The van der Waals surface area contributed by atoms with Crippen LogP contribution in [0.4, 0.5) is 5.69 Å². The number of carbonyl (C=O) groups excluding carboxylic acids is 1. The predicted molar refractivity (Wildman–Crippen MR) is 130 cm³/mol. The molecule has 0 aromatic heterocycles. The van der Waals surface area contributed by atoms with Crippen molar-refractivity contribution in [2.75, 3.05) is 25.0 Å². The summed E-state index contributed by atoms with van der Waals surface area (Å²) in [4.78, 5) is 12.2. The zero-order valence-electron chi connectivity index (χ0n) is 18.1. The van der Waals surface area contributed by atoms with Gasteiger partial charge in [0.1, 0.15) is 24.2 Å². The fourth-order valence-corrected chi connectivity index (χ4v) is 3.05. The van der Waals surface area contributed by atoms with E-state index >= 15 is 0 Å². The quantitative estimate of drug-likeness (QED) is 0.274. The highest BCUT2D eigenvalue weighted by molar-refractivity contribution is 5.94. The molecule has 3 aromatic carbocycles. The second-order valence-corrected chi connectivity index (χ2v) is 7.41. The van der Waals surface area contributed by atoms with Gasteiger partial charge in [-0.3, -0.25) is 4.79 Å². The van der Waals surface area contributed by atoms with Gasteiger partial charge < -0.3 is 30.7 Å². The number of aliphatic hydroxyl groups is 2. The third-order valence-electron chi connectivity index (χ3n) is 4.83. The number of ether oxygens (including phenoxy) is 1. The van der Waals surface area contributed by atoms with Crippen LogP contribution in [0.2, 0.25) is 0 Å². The average Bonchev–Trinajstić information content (AvgIpc) is 2.82. The van der Waals surface area contributed by atoms with Crippen molar-refractivity contribution in [1.82, 2.24) is 5.32 Å². The van der Waals surface area contributed by atoms with Gasteiger partial charge in [-0.2, -0.15) is 0 Å². The summed E-state index contributed by atoms with van der Waals surface area (Å²) in [5, 5.41) is 35.3. The van der Waals surface area contributed by atoms with Gasteiger partial charge in [-0.15, -0.1) is 12.4 Å². The molecule has 0 aliphatic rings. The number of nitrogens with one attached hydrogen (secondary N) is 2. The van der Waals surface area contributed by atoms with E-state index in [1.807, 2.05) is 18.2 Å². The van der Waals surface area contributed by atoms with Gasteiger partial charge in [-0.25, -0.2) is 0 Å². The van der Waals surface area contributed by atoms with Crippen LogP contribution in [0.25, 0.3) is 0 Å². The number of aromatic hydroxyl groups is 1. The van der Waals surface area contributed by atoms with E-state index in [2.05, 4.69) is 10.6 Å². The summed E-state index contributed by atoms with van der Waals surface area (Å²) in [6.07, 6.45) is -1.12. The van der Waals surface area contributed by atoms with Crippen molar-refractivity contribution in [3.8, 4) is 11.5 Å². The molecular weight excluding hydrogens is 444 g/mol. The maximum Gasteiger partial charge on any atom is 0.257 e. The topological polar surface area (TPSA) is 111 Å². The van der Waals surface area contributed by atoms with E-state index in [-0.39, 0.29) is 24.8 Å². The molecule has 0 saturated heterocycles. The number of benzene rings is 3. The first kappa shape index (κ1) is 26.2. The zero-order chi connectivity index (χ0) is 22.8. The third kappa shape index (κ3) is 8.75. The molecule has 0 aliphatic carbocycles. The Morgan fingerprint density at radius 1 is 0.909 bits per heavy atom. The number of carbonyl (C=O) groups is 1. The normalized spacial score (nSPS) is 12.3. The molecule has 7 nitrogen and oxygen atoms in total. The van der Waals surface area contributed by atoms with Crippen LogP contribution in [0, 0.1) is 0 Å². The van der Waals surface area contributed by atoms with Crippen molar-refractivity contribution in [3.63, 3.8) is 0 Å². The first-order valence-corrected chi connectivity index (χ1v) is 10.4. The van der Waals surface area contributed by atoms with Crippen molar-refractivity contribution in [2.45, 2.75) is 18.6 Å². The number of hydrogen-bond donors (Lipinski definition) is 5. The minimum Gasteiger partial charge on any atom is -0.508 e. The Labute approximate surface area is 199 Å².